The number of hydrogen-bond acceptors (Lipinski definition) is 6. The molecule has 3 aromatic heterocycles. The standard InChI is InChI=1S/C26H21N5O2S2/c1-31-15-21(28-16-31)23-14-20-25(35-23)22(11-12-27-20)33-19-9-7-18(8-10-19)29-26(34)30-24(32)13-17-5-3-2-4-6-17/h2-12,14-16H,13H2,1H3,(H2,29,30,32,34). The maximum atomic E-state index is 12.2. The second-order valence-corrected chi connectivity index (χ2v) is 9.31. The highest BCUT2D eigenvalue weighted by atomic mass is 32.1. The number of thiocarbonyl (C=S) groups is 1. The number of thiophene rings is 1. The molecule has 35 heavy (non-hydrogen) atoms. The van der Waals surface area contributed by atoms with Gasteiger partial charge in [0.05, 0.1) is 33.5 Å². The number of rotatable bonds is 6. The lowest BCUT2D eigenvalue weighted by Gasteiger charge is -2.11. The molecule has 0 radical (unpaired) electrons. The van der Waals surface area contributed by atoms with Crippen molar-refractivity contribution in [1.82, 2.24) is 19.9 Å². The summed E-state index contributed by atoms with van der Waals surface area (Å²) in [6.07, 6.45) is 5.76. The number of anilines is 1. The molecule has 5 rings (SSSR count). The molecule has 0 saturated carbocycles. The van der Waals surface area contributed by atoms with E-state index in [0.29, 0.717) is 5.75 Å². The quantitative estimate of drug-likeness (QED) is 0.298. The van der Waals surface area contributed by atoms with Crippen molar-refractivity contribution < 1.29 is 9.53 Å². The van der Waals surface area contributed by atoms with Gasteiger partial charge in [-0.05, 0) is 48.1 Å². The molecule has 0 aliphatic carbocycles. The van der Waals surface area contributed by atoms with E-state index >= 15 is 0 Å². The van der Waals surface area contributed by atoms with E-state index in [1.807, 2.05) is 84.5 Å². The van der Waals surface area contributed by atoms with Gasteiger partial charge < -0.3 is 19.9 Å². The highest BCUT2D eigenvalue weighted by molar-refractivity contribution is 7.80. The fourth-order valence-corrected chi connectivity index (χ4v) is 4.77. The van der Waals surface area contributed by atoms with Crippen LogP contribution in [-0.2, 0) is 18.3 Å². The van der Waals surface area contributed by atoms with Gasteiger partial charge in [-0.25, -0.2) is 4.98 Å². The first-order chi connectivity index (χ1) is 17.0. The van der Waals surface area contributed by atoms with Gasteiger partial charge in [-0.2, -0.15) is 0 Å². The van der Waals surface area contributed by atoms with Crippen LogP contribution in [0, 0.1) is 0 Å². The first-order valence-electron chi connectivity index (χ1n) is 10.8. The molecule has 5 aromatic rings. The van der Waals surface area contributed by atoms with E-state index in [1.54, 1.807) is 23.9 Å². The van der Waals surface area contributed by atoms with Crippen molar-refractivity contribution in [3.63, 3.8) is 0 Å². The number of aromatic nitrogens is 3. The van der Waals surface area contributed by atoms with E-state index in [0.717, 1.165) is 37.8 Å². The van der Waals surface area contributed by atoms with Gasteiger partial charge in [0.25, 0.3) is 0 Å². The monoisotopic (exact) mass is 499 g/mol. The SMILES string of the molecule is Cn1cnc(-c2cc3nccc(Oc4ccc(NC(=S)NC(=O)Cc5ccccc5)cc4)c3s2)c1. The zero-order valence-electron chi connectivity index (χ0n) is 18.8. The van der Waals surface area contributed by atoms with Gasteiger partial charge in [-0.3, -0.25) is 9.78 Å². The van der Waals surface area contributed by atoms with Crippen LogP contribution in [0.25, 0.3) is 20.8 Å². The average molecular weight is 500 g/mol. The normalized spacial score (nSPS) is 10.8. The number of benzene rings is 2. The molecule has 7 nitrogen and oxygen atoms in total. The number of amides is 1. The first kappa shape index (κ1) is 22.7. The van der Waals surface area contributed by atoms with Crippen molar-refractivity contribution in [2.75, 3.05) is 5.32 Å². The van der Waals surface area contributed by atoms with E-state index in [4.69, 9.17) is 17.0 Å². The lowest BCUT2D eigenvalue weighted by atomic mass is 10.1. The van der Waals surface area contributed by atoms with E-state index < -0.39 is 0 Å². The average Bonchev–Trinajstić information content (AvgIpc) is 3.47. The molecule has 2 N–H and O–H groups in total. The summed E-state index contributed by atoms with van der Waals surface area (Å²) < 4.78 is 9.02. The van der Waals surface area contributed by atoms with E-state index in [1.165, 1.54) is 0 Å². The van der Waals surface area contributed by atoms with Gasteiger partial charge in [-0.1, -0.05) is 30.3 Å². The first-order valence-corrected chi connectivity index (χ1v) is 12.1. The number of nitrogens with zero attached hydrogens (tertiary/aromatic N) is 3. The fraction of sp³-hybridized carbons (Fsp3) is 0.0769. The summed E-state index contributed by atoms with van der Waals surface area (Å²) in [4.78, 5) is 22.1. The number of nitrogens with one attached hydrogen (secondary N) is 2. The summed E-state index contributed by atoms with van der Waals surface area (Å²) in [5.41, 5.74) is 3.44. The molecule has 1 amide bonds. The Hall–Kier alpha value is -4.08. The Kier molecular flexibility index (Phi) is 6.51. The lowest BCUT2D eigenvalue weighted by Crippen LogP contribution is -2.35. The van der Waals surface area contributed by atoms with Crippen molar-refractivity contribution in [2.45, 2.75) is 6.42 Å². The molecular weight excluding hydrogens is 478 g/mol. The zero-order chi connectivity index (χ0) is 24.2. The van der Waals surface area contributed by atoms with Gasteiger partial charge in [0, 0.05) is 31.2 Å². The number of pyridine rings is 1. The minimum absolute atomic E-state index is 0.170. The third-order valence-electron chi connectivity index (χ3n) is 5.13. The van der Waals surface area contributed by atoms with Gasteiger partial charge in [0.1, 0.15) is 11.5 Å². The lowest BCUT2D eigenvalue weighted by molar-refractivity contribution is -0.119. The molecule has 174 valence electrons. The summed E-state index contributed by atoms with van der Waals surface area (Å²) in [6.45, 7) is 0. The zero-order valence-corrected chi connectivity index (χ0v) is 20.4. The predicted molar refractivity (Wildman–Crippen MR) is 143 cm³/mol. The molecule has 3 heterocycles. The van der Waals surface area contributed by atoms with Crippen LogP contribution >= 0.6 is 23.6 Å². The number of carbonyl (C=O) groups excluding carboxylic acids is 1. The topological polar surface area (TPSA) is 81.1 Å². The Balaban J connectivity index is 1.22. The number of carbonyl (C=O) groups is 1. The van der Waals surface area contributed by atoms with Gasteiger partial charge >= 0.3 is 0 Å². The largest absolute Gasteiger partial charge is 0.456 e. The number of fused-ring (bicyclic) bond motifs is 1. The predicted octanol–water partition coefficient (Wildman–Crippen LogP) is 5.54. The molecule has 0 atom stereocenters. The van der Waals surface area contributed by atoms with Crippen LogP contribution in [0.15, 0.2) is 85.5 Å². The Morgan fingerprint density at radius 2 is 1.89 bits per heavy atom. The van der Waals surface area contributed by atoms with Crippen LogP contribution in [0.1, 0.15) is 5.56 Å². The molecule has 0 saturated heterocycles. The van der Waals surface area contributed by atoms with Gasteiger partial charge in [0.15, 0.2) is 5.11 Å². The molecule has 0 aliphatic rings. The fourth-order valence-electron chi connectivity index (χ4n) is 3.51. The molecule has 0 bridgehead atoms. The van der Waals surface area contributed by atoms with Crippen molar-refractivity contribution >= 4 is 50.5 Å². The third kappa shape index (κ3) is 5.53. The van der Waals surface area contributed by atoms with E-state index in [2.05, 4.69) is 20.6 Å². The van der Waals surface area contributed by atoms with Crippen LogP contribution in [0.3, 0.4) is 0 Å². The smallest absolute Gasteiger partial charge is 0.230 e. The summed E-state index contributed by atoms with van der Waals surface area (Å²) in [5.74, 6) is 1.23. The van der Waals surface area contributed by atoms with Crippen LogP contribution in [0.4, 0.5) is 5.69 Å². The summed E-state index contributed by atoms with van der Waals surface area (Å²) >= 11 is 6.87. The molecule has 0 spiro atoms. The highest BCUT2D eigenvalue weighted by Crippen LogP contribution is 2.38. The summed E-state index contributed by atoms with van der Waals surface area (Å²) in [7, 11) is 1.94. The van der Waals surface area contributed by atoms with Crippen LogP contribution < -0.4 is 15.4 Å². The molecule has 0 fully saturated rings. The molecule has 2 aromatic carbocycles. The molecule has 0 aliphatic heterocycles. The van der Waals surface area contributed by atoms with Crippen LogP contribution in [0.5, 0.6) is 11.5 Å². The molecule has 0 unspecified atom stereocenters. The molecule has 9 heteroatoms. The van der Waals surface area contributed by atoms with E-state index in [9.17, 15) is 4.79 Å². The third-order valence-corrected chi connectivity index (χ3v) is 6.50. The van der Waals surface area contributed by atoms with Crippen molar-refractivity contribution in [3.05, 3.63) is 91.0 Å². The van der Waals surface area contributed by atoms with Crippen molar-refractivity contribution in [1.29, 1.82) is 0 Å². The van der Waals surface area contributed by atoms with E-state index in [-0.39, 0.29) is 17.4 Å². The Bertz CT molecular complexity index is 1490. The maximum absolute atomic E-state index is 12.2. The highest BCUT2D eigenvalue weighted by Gasteiger charge is 2.12. The van der Waals surface area contributed by atoms with Gasteiger partial charge in [0.2, 0.25) is 5.91 Å². The van der Waals surface area contributed by atoms with Crippen molar-refractivity contribution in [2.24, 2.45) is 7.05 Å². The minimum Gasteiger partial charge on any atom is -0.456 e. The number of aryl methyl sites for hydroxylation is 1. The van der Waals surface area contributed by atoms with Crippen LogP contribution in [-0.4, -0.2) is 25.6 Å². The second-order valence-electron chi connectivity index (χ2n) is 7.85. The Morgan fingerprint density at radius 1 is 1.09 bits per heavy atom. The molecular formula is C26H21N5O2S2. The van der Waals surface area contributed by atoms with Gasteiger partial charge in [-0.15, -0.1) is 11.3 Å². The second kappa shape index (κ2) is 10.0. The number of imidazole rings is 1. The number of ether oxygens (including phenoxy) is 1. The minimum atomic E-state index is -0.170. The maximum Gasteiger partial charge on any atom is 0.230 e. The Morgan fingerprint density at radius 3 is 2.63 bits per heavy atom. The Labute approximate surface area is 211 Å². The summed E-state index contributed by atoms with van der Waals surface area (Å²) in [6, 6.07) is 20.8. The number of hydrogen-bond donors (Lipinski definition) is 2. The summed E-state index contributed by atoms with van der Waals surface area (Å²) in [5, 5.41) is 5.98. The van der Waals surface area contributed by atoms with Crippen LogP contribution in [0.2, 0.25) is 0 Å². The van der Waals surface area contributed by atoms with Crippen molar-refractivity contribution in [3.8, 4) is 22.1 Å².